The summed E-state index contributed by atoms with van der Waals surface area (Å²) in [7, 11) is -3.18. The van der Waals surface area contributed by atoms with Gasteiger partial charge < -0.3 is 5.32 Å². The van der Waals surface area contributed by atoms with Crippen molar-refractivity contribution < 1.29 is 8.42 Å². The van der Waals surface area contributed by atoms with Crippen LogP contribution in [0.15, 0.2) is 24.3 Å². The molecule has 2 rings (SSSR count). The maximum absolute atomic E-state index is 11.0. The highest BCUT2D eigenvalue weighted by Gasteiger charge is 2.16. The van der Waals surface area contributed by atoms with Gasteiger partial charge in [-0.05, 0) is 43.5 Å². The van der Waals surface area contributed by atoms with E-state index in [-0.39, 0.29) is 0 Å². The van der Waals surface area contributed by atoms with Gasteiger partial charge in [-0.2, -0.15) is 0 Å². The van der Waals surface area contributed by atoms with E-state index in [0.717, 1.165) is 11.9 Å². The molecule has 0 bridgehead atoms. The van der Waals surface area contributed by atoms with E-state index in [9.17, 15) is 8.42 Å². The molecule has 0 amide bonds. The largest absolute Gasteiger partial charge is 0.382 e. The lowest BCUT2D eigenvalue weighted by Crippen LogP contribution is -2.26. The van der Waals surface area contributed by atoms with Gasteiger partial charge in [0, 0.05) is 17.4 Å². The quantitative estimate of drug-likeness (QED) is 0.846. The minimum absolute atomic E-state index is 0.591. The SMILES string of the molecule is CS(=O)(=O)Nc1ccc(NC2CCC2)cc1. The maximum Gasteiger partial charge on any atom is 0.229 e. The molecule has 5 heteroatoms. The first-order valence-corrected chi connectivity index (χ1v) is 7.26. The van der Waals surface area contributed by atoms with E-state index in [4.69, 9.17) is 0 Å². The lowest BCUT2D eigenvalue weighted by Gasteiger charge is -2.27. The van der Waals surface area contributed by atoms with E-state index >= 15 is 0 Å². The van der Waals surface area contributed by atoms with Crippen molar-refractivity contribution in [1.82, 2.24) is 0 Å². The number of hydrogen-bond donors (Lipinski definition) is 2. The van der Waals surface area contributed by atoms with Crippen LogP contribution in [0, 0.1) is 0 Å². The van der Waals surface area contributed by atoms with Gasteiger partial charge in [0.1, 0.15) is 0 Å². The van der Waals surface area contributed by atoms with Crippen LogP contribution in [0.5, 0.6) is 0 Å². The zero-order valence-electron chi connectivity index (χ0n) is 9.23. The van der Waals surface area contributed by atoms with Crippen molar-refractivity contribution >= 4 is 21.4 Å². The molecule has 0 aromatic heterocycles. The number of benzene rings is 1. The Morgan fingerprint density at radius 1 is 1.12 bits per heavy atom. The van der Waals surface area contributed by atoms with Gasteiger partial charge in [0.05, 0.1) is 6.26 Å². The molecule has 0 heterocycles. The molecule has 1 aliphatic rings. The molecule has 1 fully saturated rings. The fourth-order valence-corrected chi connectivity index (χ4v) is 2.20. The van der Waals surface area contributed by atoms with Gasteiger partial charge in [-0.3, -0.25) is 4.72 Å². The van der Waals surface area contributed by atoms with E-state index in [0.29, 0.717) is 11.7 Å². The predicted molar refractivity (Wildman–Crippen MR) is 66.2 cm³/mol. The van der Waals surface area contributed by atoms with Gasteiger partial charge in [0.25, 0.3) is 0 Å². The Balaban J connectivity index is 1.98. The van der Waals surface area contributed by atoms with Gasteiger partial charge in [-0.1, -0.05) is 0 Å². The van der Waals surface area contributed by atoms with Crippen molar-refractivity contribution in [1.29, 1.82) is 0 Å². The minimum Gasteiger partial charge on any atom is -0.382 e. The predicted octanol–water partition coefficient (Wildman–Crippen LogP) is 2.02. The second-order valence-electron chi connectivity index (χ2n) is 4.22. The molecule has 1 aromatic rings. The zero-order chi connectivity index (χ0) is 11.6. The van der Waals surface area contributed by atoms with Crippen molar-refractivity contribution in [2.75, 3.05) is 16.3 Å². The van der Waals surface area contributed by atoms with Crippen molar-refractivity contribution in [3.8, 4) is 0 Å². The zero-order valence-corrected chi connectivity index (χ0v) is 10.0. The van der Waals surface area contributed by atoms with E-state index in [2.05, 4.69) is 10.0 Å². The van der Waals surface area contributed by atoms with Gasteiger partial charge in [0.15, 0.2) is 0 Å². The summed E-state index contributed by atoms with van der Waals surface area (Å²) in [5.74, 6) is 0. The molecule has 0 spiro atoms. The average Bonchev–Trinajstić information content (AvgIpc) is 2.11. The highest BCUT2D eigenvalue weighted by molar-refractivity contribution is 7.92. The second-order valence-corrected chi connectivity index (χ2v) is 5.97. The average molecular weight is 240 g/mol. The highest BCUT2D eigenvalue weighted by atomic mass is 32.2. The lowest BCUT2D eigenvalue weighted by molar-refractivity contribution is 0.445. The Bertz CT molecular complexity index is 449. The summed E-state index contributed by atoms with van der Waals surface area (Å²) in [5, 5.41) is 3.39. The summed E-state index contributed by atoms with van der Waals surface area (Å²) in [6.45, 7) is 0. The van der Waals surface area contributed by atoms with Crippen LogP contribution in [-0.2, 0) is 10.0 Å². The smallest absolute Gasteiger partial charge is 0.229 e. The monoisotopic (exact) mass is 240 g/mol. The molecule has 4 nitrogen and oxygen atoms in total. The fourth-order valence-electron chi connectivity index (χ4n) is 1.64. The Morgan fingerprint density at radius 2 is 1.69 bits per heavy atom. The van der Waals surface area contributed by atoms with Crippen LogP contribution in [0.3, 0.4) is 0 Å². The van der Waals surface area contributed by atoms with Crippen LogP contribution in [0.25, 0.3) is 0 Å². The molecular formula is C11H16N2O2S. The van der Waals surface area contributed by atoms with Gasteiger partial charge in [-0.15, -0.1) is 0 Å². The van der Waals surface area contributed by atoms with Gasteiger partial charge >= 0.3 is 0 Å². The van der Waals surface area contributed by atoms with E-state index in [1.807, 2.05) is 12.1 Å². The molecule has 2 N–H and O–H groups in total. The Kier molecular flexibility index (Phi) is 3.05. The molecule has 0 unspecified atom stereocenters. The third kappa shape index (κ3) is 3.13. The summed E-state index contributed by atoms with van der Waals surface area (Å²) in [4.78, 5) is 0. The molecule has 88 valence electrons. The van der Waals surface area contributed by atoms with Crippen LogP contribution in [-0.4, -0.2) is 20.7 Å². The second kappa shape index (κ2) is 4.33. The van der Waals surface area contributed by atoms with Crippen LogP contribution in [0.2, 0.25) is 0 Å². The number of rotatable bonds is 4. The Labute approximate surface area is 96.1 Å². The van der Waals surface area contributed by atoms with Gasteiger partial charge in [0.2, 0.25) is 10.0 Å². The van der Waals surface area contributed by atoms with E-state index in [1.165, 1.54) is 19.3 Å². The van der Waals surface area contributed by atoms with E-state index < -0.39 is 10.0 Å². The standard InChI is InChI=1S/C11H16N2O2S/c1-16(14,15)13-11-7-5-10(6-8-11)12-9-3-2-4-9/h5-9,12-13H,2-4H2,1H3. The third-order valence-electron chi connectivity index (χ3n) is 2.66. The first-order valence-electron chi connectivity index (χ1n) is 5.37. The molecule has 0 radical (unpaired) electrons. The maximum atomic E-state index is 11.0. The van der Waals surface area contributed by atoms with Crippen LogP contribution >= 0.6 is 0 Å². The summed E-state index contributed by atoms with van der Waals surface area (Å²) >= 11 is 0. The Morgan fingerprint density at radius 3 is 2.12 bits per heavy atom. The van der Waals surface area contributed by atoms with Crippen LogP contribution in [0.4, 0.5) is 11.4 Å². The molecule has 1 aromatic carbocycles. The Hall–Kier alpha value is -1.23. The number of hydrogen-bond acceptors (Lipinski definition) is 3. The van der Waals surface area contributed by atoms with Crippen molar-refractivity contribution in [3.63, 3.8) is 0 Å². The fraction of sp³-hybridized carbons (Fsp3) is 0.455. The topological polar surface area (TPSA) is 58.2 Å². The van der Waals surface area contributed by atoms with Crippen molar-refractivity contribution in [2.45, 2.75) is 25.3 Å². The highest BCUT2D eigenvalue weighted by Crippen LogP contribution is 2.24. The number of anilines is 2. The summed E-state index contributed by atoms with van der Waals surface area (Å²) in [5.41, 5.74) is 1.64. The van der Waals surface area contributed by atoms with Crippen LogP contribution in [0.1, 0.15) is 19.3 Å². The molecule has 0 saturated heterocycles. The molecular weight excluding hydrogens is 224 g/mol. The lowest BCUT2D eigenvalue weighted by atomic mass is 9.93. The van der Waals surface area contributed by atoms with E-state index in [1.54, 1.807) is 12.1 Å². The van der Waals surface area contributed by atoms with Crippen molar-refractivity contribution in [2.24, 2.45) is 0 Å². The van der Waals surface area contributed by atoms with Gasteiger partial charge in [-0.25, -0.2) is 8.42 Å². The molecule has 0 atom stereocenters. The third-order valence-corrected chi connectivity index (χ3v) is 3.27. The first-order chi connectivity index (χ1) is 7.53. The first kappa shape index (κ1) is 11.3. The van der Waals surface area contributed by atoms with Crippen LogP contribution < -0.4 is 10.0 Å². The summed E-state index contributed by atoms with van der Waals surface area (Å²) in [6, 6.07) is 7.91. The molecule has 1 aliphatic carbocycles. The summed E-state index contributed by atoms with van der Waals surface area (Å²) < 4.78 is 24.4. The van der Waals surface area contributed by atoms with Crippen molar-refractivity contribution in [3.05, 3.63) is 24.3 Å². The molecule has 16 heavy (non-hydrogen) atoms. The molecule has 1 saturated carbocycles. The number of sulfonamides is 1. The normalized spacial score (nSPS) is 16.6. The summed E-state index contributed by atoms with van der Waals surface area (Å²) in [6.07, 6.45) is 4.89. The minimum atomic E-state index is -3.18. The molecule has 0 aliphatic heterocycles. The number of nitrogens with one attached hydrogen (secondary N) is 2.